The minimum absolute atomic E-state index is 1.06. The van der Waals surface area contributed by atoms with Crippen molar-refractivity contribution < 1.29 is 12.3 Å². The van der Waals surface area contributed by atoms with Gasteiger partial charge in [0.25, 0.3) is 0 Å². The van der Waals surface area contributed by atoms with Gasteiger partial charge in [-0.3, -0.25) is 0 Å². The third-order valence-electron chi connectivity index (χ3n) is 8.64. The van der Waals surface area contributed by atoms with E-state index in [0.717, 1.165) is 20.7 Å². The van der Waals surface area contributed by atoms with Crippen molar-refractivity contribution in [2.75, 3.05) is 0 Å². The fraction of sp³-hybridized carbons (Fsp3) is 0.100. The van der Waals surface area contributed by atoms with E-state index in [0.29, 0.717) is 0 Å². The average molecular weight is 683 g/mol. The van der Waals surface area contributed by atoms with Crippen molar-refractivity contribution in [1.29, 1.82) is 0 Å². The van der Waals surface area contributed by atoms with Crippen molar-refractivity contribution in [1.82, 2.24) is 0 Å². The molecule has 6 aromatic carbocycles. The van der Waals surface area contributed by atoms with E-state index in [-0.39, 0.29) is 0 Å². The zero-order valence-corrected chi connectivity index (χ0v) is 31.5. The van der Waals surface area contributed by atoms with Gasteiger partial charge in [-0.1, -0.05) is 182 Å². The SMILES string of the molecule is C[Si](C)(O[Si](O[Si](O[Si](C)(C)c1ccccc1)(c1ccccc1)c1ccccc1)(c1ccccc1)c1ccccc1)c1ccccc1. The van der Waals surface area contributed by atoms with Crippen LogP contribution in [0.3, 0.4) is 0 Å². The first-order valence-corrected chi connectivity index (χ1v) is 25.6. The Hall–Kier alpha value is -3.93. The van der Waals surface area contributed by atoms with E-state index in [4.69, 9.17) is 12.3 Å². The Bertz CT molecular complexity index is 1620. The van der Waals surface area contributed by atoms with Gasteiger partial charge in [0.2, 0.25) is 16.6 Å². The highest BCUT2D eigenvalue weighted by Crippen LogP contribution is 2.26. The van der Waals surface area contributed by atoms with Crippen LogP contribution in [0.1, 0.15) is 0 Å². The maximum Gasteiger partial charge on any atom is 0.388 e. The van der Waals surface area contributed by atoms with Crippen molar-refractivity contribution in [2.24, 2.45) is 0 Å². The minimum atomic E-state index is -3.55. The molecule has 0 unspecified atom stereocenters. The molecule has 47 heavy (non-hydrogen) atoms. The largest absolute Gasteiger partial charge is 0.426 e. The summed E-state index contributed by atoms with van der Waals surface area (Å²) in [5, 5.41) is 6.70. The normalized spacial score (nSPS) is 12.5. The predicted octanol–water partition coefficient (Wildman–Crippen LogP) is 5.77. The first-order valence-electron chi connectivity index (χ1n) is 16.2. The molecule has 0 aliphatic carbocycles. The Kier molecular flexibility index (Phi) is 9.86. The summed E-state index contributed by atoms with van der Waals surface area (Å²) in [5.41, 5.74) is 0. The van der Waals surface area contributed by atoms with Crippen LogP contribution in [0.15, 0.2) is 182 Å². The fourth-order valence-corrected chi connectivity index (χ4v) is 24.5. The Morgan fingerprint density at radius 2 is 0.447 bits per heavy atom. The number of benzene rings is 6. The highest BCUT2D eigenvalue weighted by molar-refractivity contribution is 7.10. The lowest BCUT2D eigenvalue weighted by Crippen LogP contribution is -2.79. The second kappa shape index (κ2) is 14.0. The molecule has 236 valence electrons. The van der Waals surface area contributed by atoms with Crippen molar-refractivity contribution in [3.8, 4) is 0 Å². The number of hydrogen-bond acceptors (Lipinski definition) is 3. The van der Waals surface area contributed by atoms with Crippen molar-refractivity contribution in [3.63, 3.8) is 0 Å². The quantitative estimate of drug-likeness (QED) is 0.154. The first-order chi connectivity index (χ1) is 22.8. The summed E-state index contributed by atoms with van der Waals surface area (Å²) in [4.78, 5) is 0. The molecule has 0 radical (unpaired) electrons. The number of rotatable bonds is 12. The molecule has 0 amide bonds. The van der Waals surface area contributed by atoms with Crippen LogP contribution in [0.5, 0.6) is 0 Å². The summed E-state index contributed by atoms with van der Waals surface area (Å²) >= 11 is 0. The van der Waals surface area contributed by atoms with Crippen LogP contribution < -0.4 is 31.1 Å². The lowest BCUT2D eigenvalue weighted by Gasteiger charge is -2.47. The average Bonchev–Trinajstić information content (AvgIpc) is 3.13. The predicted molar refractivity (Wildman–Crippen MR) is 206 cm³/mol. The first kappa shape index (κ1) is 33.0. The van der Waals surface area contributed by atoms with Crippen LogP contribution in [0.2, 0.25) is 26.2 Å². The molecule has 0 aromatic heterocycles. The molecule has 0 fully saturated rings. The van der Waals surface area contributed by atoms with Crippen LogP contribution >= 0.6 is 0 Å². The third-order valence-corrected chi connectivity index (χ3v) is 25.1. The molecular weight excluding hydrogens is 641 g/mol. The second-order valence-corrected chi connectivity index (χ2v) is 27.2. The van der Waals surface area contributed by atoms with Gasteiger partial charge in [-0.05, 0) is 57.3 Å². The fourth-order valence-electron chi connectivity index (χ4n) is 6.19. The Labute approximate surface area is 284 Å². The van der Waals surface area contributed by atoms with E-state index in [9.17, 15) is 0 Å². The van der Waals surface area contributed by atoms with Crippen molar-refractivity contribution >= 4 is 64.9 Å². The van der Waals surface area contributed by atoms with E-state index in [2.05, 4.69) is 208 Å². The second-order valence-electron chi connectivity index (χ2n) is 12.8. The van der Waals surface area contributed by atoms with Gasteiger partial charge < -0.3 is 12.3 Å². The maximum absolute atomic E-state index is 8.19. The van der Waals surface area contributed by atoms with Crippen molar-refractivity contribution in [3.05, 3.63) is 182 Å². The summed E-state index contributed by atoms with van der Waals surface area (Å²) in [7, 11) is -12.3. The highest BCUT2D eigenvalue weighted by Gasteiger charge is 2.58. The van der Waals surface area contributed by atoms with E-state index in [1.54, 1.807) is 0 Å². The van der Waals surface area contributed by atoms with Gasteiger partial charge in [-0.2, -0.15) is 0 Å². The molecule has 0 spiro atoms. The van der Waals surface area contributed by atoms with Gasteiger partial charge in [0, 0.05) is 0 Å². The molecule has 0 aliphatic rings. The molecule has 0 bridgehead atoms. The van der Waals surface area contributed by atoms with Crippen LogP contribution in [0.25, 0.3) is 0 Å². The molecule has 0 saturated carbocycles. The Morgan fingerprint density at radius 3 is 0.660 bits per heavy atom. The van der Waals surface area contributed by atoms with E-state index in [1.165, 1.54) is 10.4 Å². The van der Waals surface area contributed by atoms with Crippen LogP contribution in [-0.2, 0) is 12.3 Å². The molecule has 0 saturated heterocycles. The summed E-state index contributed by atoms with van der Waals surface area (Å²) in [6.45, 7) is 9.16. The van der Waals surface area contributed by atoms with Crippen LogP contribution in [-0.4, -0.2) is 33.8 Å². The van der Waals surface area contributed by atoms with Crippen molar-refractivity contribution in [2.45, 2.75) is 26.2 Å². The summed E-state index contributed by atoms with van der Waals surface area (Å²) in [5.74, 6) is 0. The minimum Gasteiger partial charge on any atom is -0.426 e. The topological polar surface area (TPSA) is 27.7 Å². The zero-order valence-electron chi connectivity index (χ0n) is 27.5. The molecule has 3 nitrogen and oxygen atoms in total. The molecule has 6 rings (SSSR count). The molecule has 6 aromatic rings. The van der Waals surface area contributed by atoms with Crippen LogP contribution in [0.4, 0.5) is 0 Å². The molecular formula is C40H42O3Si4. The van der Waals surface area contributed by atoms with Crippen LogP contribution in [0, 0.1) is 0 Å². The molecule has 0 heterocycles. The lowest BCUT2D eigenvalue weighted by molar-refractivity contribution is 0.358. The zero-order chi connectivity index (χ0) is 32.8. The van der Waals surface area contributed by atoms with E-state index < -0.39 is 33.8 Å². The molecule has 7 heteroatoms. The lowest BCUT2D eigenvalue weighted by atomic mass is 10.4. The molecule has 0 aliphatic heterocycles. The highest BCUT2D eigenvalue weighted by atomic mass is 28.5. The monoisotopic (exact) mass is 682 g/mol. The van der Waals surface area contributed by atoms with E-state index >= 15 is 0 Å². The summed E-state index contributed by atoms with van der Waals surface area (Å²) < 4.78 is 23.8. The molecule has 0 atom stereocenters. The molecule has 0 N–H and O–H groups in total. The van der Waals surface area contributed by atoms with Gasteiger partial charge in [0.15, 0.2) is 0 Å². The standard InChI is InChI=1S/C40H42O3Si4/c1-44(2,35-23-11-5-12-24-35)41-46(37-27-15-7-16-28-37,38-29-17-8-18-30-38)43-47(39-31-19-9-20-32-39,40-33-21-10-22-34-40)42-45(3,4)36-25-13-6-14-26-36/h5-34H,1-4H3. The van der Waals surface area contributed by atoms with Gasteiger partial charge in [0.05, 0.1) is 0 Å². The Morgan fingerprint density at radius 1 is 0.255 bits per heavy atom. The van der Waals surface area contributed by atoms with Gasteiger partial charge >= 0.3 is 17.1 Å². The van der Waals surface area contributed by atoms with Gasteiger partial charge in [-0.15, -0.1) is 0 Å². The van der Waals surface area contributed by atoms with E-state index in [1.807, 2.05) is 0 Å². The summed E-state index contributed by atoms with van der Waals surface area (Å²) in [6.07, 6.45) is 0. The summed E-state index contributed by atoms with van der Waals surface area (Å²) in [6, 6.07) is 63.9. The smallest absolute Gasteiger partial charge is 0.388 e. The number of hydrogen-bond donors (Lipinski definition) is 0. The Balaban J connectivity index is 1.67. The van der Waals surface area contributed by atoms with Gasteiger partial charge in [-0.25, -0.2) is 0 Å². The third kappa shape index (κ3) is 7.02. The maximum atomic E-state index is 8.19. The van der Waals surface area contributed by atoms with Gasteiger partial charge in [0.1, 0.15) is 0 Å².